The molecule has 31 heavy (non-hydrogen) atoms. The van der Waals surface area contributed by atoms with Gasteiger partial charge in [-0.25, -0.2) is 13.1 Å². The maximum atomic E-state index is 12.2. The molecule has 0 spiro atoms. The molecule has 2 fully saturated rings. The number of hydrogen-bond donors (Lipinski definition) is 2. The van der Waals surface area contributed by atoms with Gasteiger partial charge in [0.2, 0.25) is 10.0 Å². The van der Waals surface area contributed by atoms with Crippen molar-refractivity contribution in [3.8, 4) is 0 Å². The Balaban J connectivity index is 0.00000231. The predicted molar refractivity (Wildman–Crippen MR) is 125 cm³/mol. The van der Waals surface area contributed by atoms with E-state index in [1.54, 1.807) is 0 Å². The summed E-state index contributed by atoms with van der Waals surface area (Å²) in [6.45, 7) is 1.88. The molecule has 0 radical (unpaired) electrons. The van der Waals surface area contributed by atoms with E-state index in [1.807, 2.05) is 16.8 Å². The number of rotatable bonds is 7. The maximum absolute atomic E-state index is 12.2. The number of hydrogen-bond acceptors (Lipinski definition) is 4. The third kappa shape index (κ3) is 4.27. The number of halogens is 2. The van der Waals surface area contributed by atoms with Crippen LogP contribution in [0.15, 0.2) is 30.5 Å². The Kier molecular flexibility index (Phi) is 6.71. The molecular formula is C22H30Cl2N4O2S. The summed E-state index contributed by atoms with van der Waals surface area (Å²) < 4.78 is 29.2. The summed E-state index contributed by atoms with van der Waals surface area (Å²) in [6.07, 6.45) is 9.14. The highest BCUT2D eigenvalue weighted by atomic mass is 35.5. The summed E-state index contributed by atoms with van der Waals surface area (Å²) in [7, 11) is -3.18. The van der Waals surface area contributed by atoms with Crippen LogP contribution in [0.1, 0.15) is 61.4 Å². The maximum Gasteiger partial charge on any atom is 0.214 e. The Hall–Kier alpha value is -1.12. The van der Waals surface area contributed by atoms with Crippen LogP contribution >= 0.6 is 24.0 Å². The highest BCUT2D eigenvalue weighted by Gasteiger charge is 2.48. The van der Waals surface area contributed by atoms with E-state index in [0.29, 0.717) is 13.1 Å². The highest BCUT2D eigenvalue weighted by molar-refractivity contribution is 7.90. The Labute approximate surface area is 195 Å². The zero-order chi connectivity index (χ0) is 20.8. The van der Waals surface area contributed by atoms with Crippen molar-refractivity contribution in [2.75, 3.05) is 13.1 Å². The van der Waals surface area contributed by atoms with E-state index in [4.69, 9.17) is 16.7 Å². The van der Waals surface area contributed by atoms with Crippen LogP contribution in [0.3, 0.4) is 0 Å². The summed E-state index contributed by atoms with van der Waals surface area (Å²) in [5.74, 6) is 0. The summed E-state index contributed by atoms with van der Waals surface area (Å²) in [6, 6.07) is 8.46. The van der Waals surface area contributed by atoms with Crippen molar-refractivity contribution in [3.63, 3.8) is 0 Å². The van der Waals surface area contributed by atoms with E-state index in [0.717, 1.165) is 55.8 Å². The number of benzene rings is 1. The van der Waals surface area contributed by atoms with Crippen LogP contribution in [0.2, 0.25) is 5.02 Å². The number of sulfonamides is 1. The third-order valence-corrected chi connectivity index (χ3v) is 9.45. The van der Waals surface area contributed by atoms with Crippen LogP contribution in [0.4, 0.5) is 0 Å². The average molecular weight is 485 g/mol. The Morgan fingerprint density at radius 2 is 1.94 bits per heavy atom. The predicted octanol–water partition coefficient (Wildman–Crippen LogP) is 3.74. The van der Waals surface area contributed by atoms with Crippen molar-refractivity contribution in [1.29, 1.82) is 0 Å². The quantitative estimate of drug-likeness (QED) is 0.627. The van der Waals surface area contributed by atoms with Crippen molar-refractivity contribution < 1.29 is 8.42 Å². The summed E-state index contributed by atoms with van der Waals surface area (Å²) in [5, 5.41) is 9.21. The fourth-order valence-corrected chi connectivity index (χ4v) is 6.81. The molecule has 1 atom stereocenters. The standard InChI is InChI=1S/C22H29ClN4O2S.ClH/c23-18-7-5-17(6-8-18)22(10-2-11-22)21-20-16(9-12-24-21)15-27(26-20)14-13-25-30(28,29)19-3-1-4-19;/h5-8,15,19,21,24-25H,1-4,9-14H2;1H. The lowest BCUT2D eigenvalue weighted by Crippen LogP contribution is -2.49. The van der Waals surface area contributed by atoms with Crippen LogP contribution < -0.4 is 10.0 Å². The van der Waals surface area contributed by atoms with Gasteiger partial charge in [0, 0.05) is 23.2 Å². The molecule has 2 N–H and O–H groups in total. The topological polar surface area (TPSA) is 76.0 Å². The smallest absolute Gasteiger partial charge is 0.214 e. The normalized spacial score (nSPS) is 22.7. The lowest BCUT2D eigenvalue weighted by Gasteiger charge is -2.49. The Bertz CT molecular complexity index is 1010. The third-order valence-electron chi connectivity index (χ3n) is 7.24. The number of fused-ring (bicyclic) bond motifs is 1. The molecular weight excluding hydrogens is 455 g/mol. The van der Waals surface area contributed by atoms with E-state index < -0.39 is 10.0 Å². The van der Waals surface area contributed by atoms with E-state index in [1.165, 1.54) is 17.5 Å². The van der Waals surface area contributed by atoms with Gasteiger partial charge in [-0.1, -0.05) is 36.6 Å². The monoisotopic (exact) mass is 484 g/mol. The second-order valence-corrected chi connectivity index (χ2v) is 11.4. The minimum Gasteiger partial charge on any atom is -0.307 e. The number of nitrogens with zero attached hydrogens (tertiary/aromatic N) is 2. The summed E-state index contributed by atoms with van der Waals surface area (Å²) in [4.78, 5) is 0. The first-order valence-corrected chi connectivity index (χ1v) is 12.9. The lowest BCUT2D eigenvalue weighted by molar-refractivity contribution is 0.161. The molecule has 6 nitrogen and oxygen atoms in total. The van der Waals surface area contributed by atoms with Crippen molar-refractivity contribution in [3.05, 3.63) is 52.3 Å². The van der Waals surface area contributed by atoms with E-state index in [2.05, 4.69) is 28.4 Å². The van der Waals surface area contributed by atoms with Gasteiger partial charge in [0.15, 0.2) is 0 Å². The molecule has 5 rings (SSSR count). The van der Waals surface area contributed by atoms with Crippen molar-refractivity contribution in [2.45, 2.75) is 68.2 Å². The molecule has 2 saturated carbocycles. The van der Waals surface area contributed by atoms with Gasteiger partial charge in [0.25, 0.3) is 0 Å². The van der Waals surface area contributed by atoms with Gasteiger partial charge in [-0.2, -0.15) is 5.10 Å². The van der Waals surface area contributed by atoms with Crippen LogP contribution in [0.25, 0.3) is 0 Å². The zero-order valence-electron chi connectivity index (χ0n) is 17.5. The highest BCUT2D eigenvalue weighted by Crippen LogP contribution is 2.53. The minimum absolute atomic E-state index is 0. The molecule has 1 aliphatic heterocycles. The van der Waals surface area contributed by atoms with Gasteiger partial charge in [0.05, 0.1) is 23.5 Å². The molecule has 9 heteroatoms. The van der Waals surface area contributed by atoms with Gasteiger partial charge in [-0.15, -0.1) is 12.4 Å². The SMILES string of the molecule is Cl.O=S(=O)(NCCn1cc2c(n1)C(C1(c3ccc(Cl)cc3)CCC1)NCC2)C1CCC1. The lowest BCUT2D eigenvalue weighted by atomic mass is 9.58. The van der Waals surface area contributed by atoms with Crippen LogP contribution in [-0.2, 0) is 28.4 Å². The van der Waals surface area contributed by atoms with Crippen molar-refractivity contribution in [2.24, 2.45) is 0 Å². The van der Waals surface area contributed by atoms with Crippen LogP contribution in [0, 0.1) is 0 Å². The molecule has 0 saturated heterocycles. The van der Waals surface area contributed by atoms with Crippen LogP contribution in [-0.4, -0.2) is 36.5 Å². The summed E-state index contributed by atoms with van der Waals surface area (Å²) in [5.41, 5.74) is 3.79. The van der Waals surface area contributed by atoms with Crippen molar-refractivity contribution >= 4 is 34.0 Å². The molecule has 0 bridgehead atoms. The van der Waals surface area contributed by atoms with Gasteiger partial charge in [-0.3, -0.25) is 4.68 Å². The van der Waals surface area contributed by atoms with Crippen molar-refractivity contribution in [1.82, 2.24) is 19.8 Å². The Morgan fingerprint density at radius 1 is 1.19 bits per heavy atom. The summed E-state index contributed by atoms with van der Waals surface area (Å²) >= 11 is 6.13. The largest absolute Gasteiger partial charge is 0.307 e. The molecule has 170 valence electrons. The van der Waals surface area contributed by atoms with E-state index in [-0.39, 0.29) is 29.1 Å². The molecule has 2 aliphatic carbocycles. The fraction of sp³-hybridized carbons (Fsp3) is 0.591. The number of aromatic nitrogens is 2. The number of nitrogens with one attached hydrogen (secondary N) is 2. The molecule has 1 aromatic carbocycles. The van der Waals surface area contributed by atoms with Gasteiger partial charge in [0.1, 0.15) is 0 Å². The first-order chi connectivity index (χ1) is 14.5. The van der Waals surface area contributed by atoms with E-state index in [9.17, 15) is 8.42 Å². The molecule has 1 unspecified atom stereocenters. The first-order valence-electron chi connectivity index (χ1n) is 11.0. The molecule has 0 amide bonds. The van der Waals surface area contributed by atoms with E-state index >= 15 is 0 Å². The second-order valence-electron chi connectivity index (χ2n) is 8.95. The second kappa shape index (κ2) is 9.02. The van der Waals surface area contributed by atoms with Gasteiger partial charge in [-0.05, 0) is 61.9 Å². The molecule has 2 aromatic rings. The zero-order valence-corrected chi connectivity index (χ0v) is 19.9. The van der Waals surface area contributed by atoms with Gasteiger partial charge < -0.3 is 5.32 Å². The molecule has 3 aliphatic rings. The first kappa shape index (κ1) is 23.1. The average Bonchev–Trinajstić information content (AvgIpc) is 3.04. The van der Waals surface area contributed by atoms with Crippen LogP contribution in [0.5, 0.6) is 0 Å². The molecule has 2 heterocycles. The Morgan fingerprint density at radius 3 is 2.55 bits per heavy atom. The minimum atomic E-state index is -3.18. The molecule has 1 aromatic heterocycles. The fourth-order valence-electron chi connectivity index (χ4n) is 5.12. The van der Waals surface area contributed by atoms with Gasteiger partial charge >= 0.3 is 0 Å².